The molecule has 22 heavy (non-hydrogen) atoms. The second kappa shape index (κ2) is 6.73. The molecule has 0 atom stereocenters. The Hall–Kier alpha value is -2.16. The first-order valence-corrected chi connectivity index (χ1v) is 8.09. The number of guanidine groups is 1. The highest BCUT2D eigenvalue weighted by Crippen LogP contribution is 2.18. The van der Waals surface area contributed by atoms with E-state index < -0.39 is 0 Å². The highest BCUT2D eigenvalue weighted by molar-refractivity contribution is 7.13. The maximum Gasteiger partial charge on any atom is 0.228 e. The van der Waals surface area contributed by atoms with Gasteiger partial charge < -0.3 is 20.1 Å². The standard InChI is InChI=1S/C13H19N7OS/c1-10-17-11(21-18-10)2-3-15-12(14)19-5-7-20(8-6-19)13-16-4-9-22-13/h4,9H,2-3,5-8H2,1H3,(H2,14,15). The molecule has 3 heterocycles. The third-order valence-electron chi connectivity index (χ3n) is 3.46. The first-order chi connectivity index (χ1) is 10.7. The number of aliphatic imine (C=N–C) groups is 1. The summed E-state index contributed by atoms with van der Waals surface area (Å²) in [6.45, 7) is 5.88. The molecule has 1 aliphatic rings. The molecular weight excluding hydrogens is 302 g/mol. The lowest BCUT2D eigenvalue weighted by Crippen LogP contribution is -2.51. The molecule has 1 aliphatic heterocycles. The van der Waals surface area contributed by atoms with Gasteiger partial charge in [-0.05, 0) is 6.92 Å². The van der Waals surface area contributed by atoms with Gasteiger partial charge in [0.2, 0.25) is 5.89 Å². The fourth-order valence-corrected chi connectivity index (χ4v) is 3.00. The van der Waals surface area contributed by atoms with Crippen LogP contribution in [0.15, 0.2) is 21.1 Å². The number of rotatable bonds is 4. The van der Waals surface area contributed by atoms with E-state index in [4.69, 9.17) is 10.3 Å². The minimum atomic E-state index is 0.556. The molecule has 2 aromatic heterocycles. The van der Waals surface area contributed by atoms with Crippen molar-refractivity contribution in [3.05, 3.63) is 23.3 Å². The van der Waals surface area contributed by atoms with Gasteiger partial charge in [0.25, 0.3) is 0 Å². The highest BCUT2D eigenvalue weighted by Gasteiger charge is 2.19. The van der Waals surface area contributed by atoms with Crippen LogP contribution in [-0.4, -0.2) is 58.7 Å². The van der Waals surface area contributed by atoms with Crippen molar-refractivity contribution in [2.75, 3.05) is 37.6 Å². The van der Waals surface area contributed by atoms with Crippen LogP contribution >= 0.6 is 11.3 Å². The molecule has 3 rings (SSSR count). The van der Waals surface area contributed by atoms with Crippen molar-refractivity contribution in [1.29, 1.82) is 0 Å². The molecule has 2 N–H and O–H groups in total. The topological polar surface area (TPSA) is 96.7 Å². The highest BCUT2D eigenvalue weighted by atomic mass is 32.1. The zero-order valence-corrected chi connectivity index (χ0v) is 13.3. The second-order valence-electron chi connectivity index (χ2n) is 5.01. The van der Waals surface area contributed by atoms with E-state index in [1.54, 1.807) is 18.3 Å². The van der Waals surface area contributed by atoms with Crippen molar-refractivity contribution in [3.8, 4) is 0 Å². The zero-order valence-electron chi connectivity index (χ0n) is 12.5. The zero-order chi connectivity index (χ0) is 15.4. The summed E-state index contributed by atoms with van der Waals surface area (Å²) in [6.07, 6.45) is 2.45. The number of nitrogens with two attached hydrogens (primary N) is 1. The Bertz CT molecular complexity index is 616. The number of anilines is 1. The maximum atomic E-state index is 6.06. The van der Waals surface area contributed by atoms with Crippen molar-refractivity contribution >= 4 is 22.4 Å². The van der Waals surface area contributed by atoms with Crippen LogP contribution in [0.2, 0.25) is 0 Å². The number of piperazine rings is 1. The van der Waals surface area contributed by atoms with Gasteiger partial charge in [-0.3, -0.25) is 4.99 Å². The molecule has 0 aromatic carbocycles. The summed E-state index contributed by atoms with van der Waals surface area (Å²) in [7, 11) is 0. The summed E-state index contributed by atoms with van der Waals surface area (Å²) in [5, 5.41) is 6.82. The van der Waals surface area contributed by atoms with Crippen LogP contribution in [0.4, 0.5) is 5.13 Å². The number of thiazole rings is 1. The van der Waals surface area contributed by atoms with Crippen molar-refractivity contribution < 1.29 is 4.52 Å². The molecule has 2 aromatic rings. The molecule has 118 valence electrons. The Labute approximate surface area is 132 Å². The summed E-state index contributed by atoms with van der Waals surface area (Å²) < 4.78 is 5.05. The van der Waals surface area contributed by atoms with Crippen LogP contribution in [0.5, 0.6) is 0 Å². The van der Waals surface area contributed by atoms with Gasteiger partial charge in [-0.1, -0.05) is 5.16 Å². The van der Waals surface area contributed by atoms with Crippen LogP contribution in [0, 0.1) is 6.92 Å². The van der Waals surface area contributed by atoms with Gasteiger partial charge in [0.15, 0.2) is 16.9 Å². The van der Waals surface area contributed by atoms with Gasteiger partial charge in [0.05, 0.1) is 6.54 Å². The largest absolute Gasteiger partial charge is 0.370 e. The number of aromatic nitrogens is 3. The number of nitrogens with zero attached hydrogens (tertiary/aromatic N) is 6. The normalized spacial score (nSPS) is 16.3. The molecule has 1 saturated heterocycles. The Morgan fingerprint density at radius 3 is 2.86 bits per heavy atom. The molecule has 0 saturated carbocycles. The third-order valence-corrected chi connectivity index (χ3v) is 4.29. The average Bonchev–Trinajstić information content (AvgIpc) is 3.19. The van der Waals surface area contributed by atoms with E-state index >= 15 is 0 Å². The van der Waals surface area contributed by atoms with Crippen LogP contribution in [0.25, 0.3) is 0 Å². The van der Waals surface area contributed by atoms with Gasteiger partial charge in [-0.15, -0.1) is 11.3 Å². The van der Waals surface area contributed by atoms with E-state index in [0.29, 0.717) is 30.6 Å². The first kappa shape index (κ1) is 14.8. The van der Waals surface area contributed by atoms with Crippen molar-refractivity contribution in [3.63, 3.8) is 0 Å². The first-order valence-electron chi connectivity index (χ1n) is 7.21. The van der Waals surface area contributed by atoms with E-state index in [-0.39, 0.29) is 0 Å². The molecule has 1 fully saturated rings. The third kappa shape index (κ3) is 3.53. The predicted molar refractivity (Wildman–Crippen MR) is 85.1 cm³/mol. The quantitative estimate of drug-likeness (QED) is 0.647. The molecule has 8 nitrogen and oxygen atoms in total. The van der Waals surface area contributed by atoms with E-state index in [2.05, 4.69) is 29.9 Å². The van der Waals surface area contributed by atoms with Crippen molar-refractivity contribution in [2.24, 2.45) is 10.7 Å². The van der Waals surface area contributed by atoms with Crippen LogP contribution < -0.4 is 10.6 Å². The average molecular weight is 321 g/mol. The van der Waals surface area contributed by atoms with Gasteiger partial charge in [-0.25, -0.2) is 4.98 Å². The van der Waals surface area contributed by atoms with E-state index in [0.717, 1.165) is 31.3 Å². The Balaban J connectivity index is 1.46. The van der Waals surface area contributed by atoms with Crippen molar-refractivity contribution in [2.45, 2.75) is 13.3 Å². The van der Waals surface area contributed by atoms with E-state index in [1.165, 1.54) is 0 Å². The van der Waals surface area contributed by atoms with E-state index in [9.17, 15) is 0 Å². The molecule has 0 aliphatic carbocycles. The van der Waals surface area contributed by atoms with Crippen LogP contribution in [-0.2, 0) is 6.42 Å². The molecule has 0 spiro atoms. The van der Waals surface area contributed by atoms with Gasteiger partial charge >= 0.3 is 0 Å². The summed E-state index contributed by atoms with van der Waals surface area (Å²) in [5.74, 6) is 1.82. The Kier molecular flexibility index (Phi) is 4.52. The van der Waals surface area contributed by atoms with Gasteiger partial charge in [0.1, 0.15) is 0 Å². The lowest BCUT2D eigenvalue weighted by Gasteiger charge is -2.35. The summed E-state index contributed by atoms with van der Waals surface area (Å²) in [5.41, 5.74) is 6.06. The Morgan fingerprint density at radius 1 is 1.41 bits per heavy atom. The molecule has 9 heteroatoms. The lowest BCUT2D eigenvalue weighted by atomic mass is 10.3. The summed E-state index contributed by atoms with van der Waals surface area (Å²) >= 11 is 1.66. The van der Waals surface area contributed by atoms with Crippen molar-refractivity contribution in [1.82, 2.24) is 20.0 Å². The smallest absolute Gasteiger partial charge is 0.228 e. The second-order valence-corrected chi connectivity index (χ2v) is 5.89. The lowest BCUT2D eigenvalue weighted by molar-refractivity contribution is 0.372. The fraction of sp³-hybridized carbons (Fsp3) is 0.538. The van der Waals surface area contributed by atoms with Crippen LogP contribution in [0.3, 0.4) is 0 Å². The van der Waals surface area contributed by atoms with Gasteiger partial charge in [0, 0.05) is 44.2 Å². The van der Waals surface area contributed by atoms with Gasteiger partial charge in [-0.2, -0.15) is 4.98 Å². The van der Waals surface area contributed by atoms with Crippen LogP contribution in [0.1, 0.15) is 11.7 Å². The number of aryl methyl sites for hydroxylation is 1. The molecule has 0 radical (unpaired) electrons. The molecular formula is C13H19N7OS. The predicted octanol–water partition coefficient (Wildman–Crippen LogP) is 0.514. The molecule has 0 amide bonds. The SMILES string of the molecule is Cc1noc(CCN=C(N)N2CCN(c3nccs3)CC2)n1. The monoisotopic (exact) mass is 321 g/mol. The summed E-state index contributed by atoms with van der Waals surface area (Å²) in [4.78, 5) is 17.3. The fourth-order valence-electron chi connectivity index (χ4n) is 2.31. The molecule has 0 unspecified atom stereocenters. The Morgan fingerprint density at radius 2 is 2.23 bits per heavy atom. The summed E-state index contributed by atoms with van der Waals surface area (Å²) in [6, 6.07) is 0. The van der Waals surface area contributed by atoms with E-state index in [1.807, 2.05) is 11.6 Å². The minimum absolute atomic E-state index is 0.556. The number of hydrogen-bond donors (Lipinski definition) is 1. The molecule has 0 bridgehead atoms. The minimum Gasteiger partial charge on any atom is -0.370 e. The maximum absolute atomic E-state index is 6.06. The number of hydrogen-bond acceptors (Lipinski definition) is 7.